The van der Waals surface area contributed by atoms with E-state index < -0.39 is 0 Å². The van der Waals surface area contributed by atoms with E-state index in [1.54, 1.807) is 16.8 Å². The molecule has 2 rings (SSSR count). The largest absolute Gasteiger partial charge is 0.384 e. The van der Waals surface area contributed by atoms with E-state index in [-0.39, 0.29) is 0 Å². The Morgan fingerprint density at radius 2 is 2.36 bits per heavy atom. The van der Waals surface area contributed by atoms with Gasteiger partial charge in [-0.15, -0.1) is 0 Å². The smallest absolute Gasteiger partial charge is 0.158 e. The Hall–Kier alpha value is -0.850. The van der Waals surface area contributed by atoms with Crippen LogP contribution in [-0.2, 0) is 0 Å². The van der Waals surface area contributed by atoms with Crippen molar-refractivity contribution in [3.8, 4) is 0 Å². The standard InChI is InChI=1S/C6H5IN4/c7-4-3-5(8)11-6(10-4)1-2-9-11/h1-3H,8H2. The van der Waals surface area contributed by atoms with Gasteiger partial charge in [-0.3, -0.25) is 0 Å². The summed E-state index contributed by atoms with van der Waals surface area (Å²) in [5, 5.41) is 3.99. The molecule has 0 bridgehead atoms. The fourth-order valence-electron chi connectivity index (χ4n) is 0.905. The van der Waals surface area contributed by atoms with Gasteiger partial charge in [0.2, 0.25) is 0 Å². The first-order valence-electron chi connectivity index (χ1n) is 3.03. The van der Waals surface area contributed by atoms with E-state index in [9.17, 15) is 0 Å². The number of fused-ring (bicyclic) bond motifs is 1. The number of hydrogen-bond acceptors (Lipinski definition) is 3. The van der Waals surface area contributed by atoms with E-state index in [1.807, 2.05) is 6.07 Å². The van der Waals surface area contributed by atoms with Crippen molar-refractivity contribution in [1.29, 1.82) is 0 Å². The van der Waals surface area contributed by atoms with Crippen molar-refractivity contribution in [2.45, 2.75) is 0 Å². The molecule has 0 atom stereocenters. The molecule has 0 fully saturated rings. The Balaban J connectivity index is 2.91. The quantitative estimate of drug-likeness (QED) is 0.566. The summed E-state index contributed by atoms with van der Waals surface area (Å²) in [7, 11) is 0. The lowest BCUT2D eigenvalue weighted by molar-refractivity contribution is 0.947. The van der Waals surface area contributed by atoms with Gasteiger partial charge < -0.3 is 5.73 Å². The molecule has 2 heterocycles. The SMILES string of the molecule is Nc1cc(I)nc2ccnn12. The van der Waals surface area contributed by atoms with Crippen LogP contribution in [0.25, 0.3) is 5.65 Å². The van der Waals surface area contributed by atoms with Crippen LogP contribution in [0.15, 0.2) is 18.3 Å². The van der Waals surface area contributed by atoms with Crippen LogP contribution in [0.4, 0.5) is 5.82 Å². The van der Waals surface area contributed by atoms with Crippen LogP contribution in [0.1, 0.15) is 0 Å². The molecule has 0 saturated heterocycles. The van der Waals surface area contributed by atoms with Gasteiger partial charge in [0.25, 0.3) is 0 Å². The molecule has 2 aromatic rings. The molecule has 0 unspecified atom stereocenters. The molecule has 0 saturated carbocycles. The molecule has 0 aliphatic heterocycles. The topological polar surface area (TPSA) is 56.2 Å². The van der Waals surface area contributed by atoms with Crippen LogP contribution >= 0.6 is 22.6 Å². The molecular weight excluding hydrogens is 255 g/mol. The molecular formula is C6H5IN4. The van der Waals surface area contributed by atoms with Crippen molar-refractivity contribution in [3.05, 3.63) is 22.0 Å². The Labute approximate surface area is 76.6 Å². The third-order valence-electron chi connectivity index (χ3n) is 1.36. The average molecular weight is 260 g/mol. The van der Waals surface area contributed by atoms with Gasteiger partial charge in [-0.2, -0.15) is 9.61 Å². The highest BCUT2D eigenvalue weighted by Crippen LogP contribution is 2.09. The predicted octanol–water partition coefficient (Wildman–Crippen LogP) is 0.916. The molecule has 0 amide bonds. The third-order valence-corrected chi connectivity index (χ3v) is 1.91. The summed E-state index contributed by atoms with van der Waals surface area (Å²) in [5.74, 6) is 0.615. The van der Waals surface area contributed by atoms with E-state index in [4.69, 9.17) is 5.73 Å². The maximum Gasteiger partial charge on any atom is 0.158 e. The number of rotatable bonds is 0. The number of aromatic nitrogens is 3. The number of nitrogen functional groups attached to an aromatic ring is 1. The minimum absolute atomic E-state index is 0.615. The van der Waals surface area contributed by atoms with E-state index in [1.165, 1.54) is 0 Å². The Kier molecular flexibility index (Phi) is 1.45. The summed E-state index contributed by atoms with van der Waals surface area (Å²) < 4.78 is 2.48. The lowest BCUT2D eigenvalue weighted by Crippen LogP contribution is -2.00. The molecule has 5 heteroatoms. The van der Waals surface area contributed by atoms with Gasteiger partial charge in [-0.1, -0.05) is 0 Å². The minimum Gasteiger partial charge on any atom is -0.384 e. The van der Waals surface area contributed by atoms with Crippen molar-refractivity contribution in [2.75, 3.05) is 5.73 Å². The zero-order valence-corrected chi connectivity index (χ0v) is 7.69. The molecule has 2 N–H and O–H groups in total. The van der Waals surface area contributed by atoms with Crippen LogP contribution in [0, 0.1) is 3.70 Å². The van der Waals surface area contributed by atoms with Gasteiger partial charge in [0.1, 0.15) is 9.52 Å². The molecule has 0 aromatic carbocycles. The lowest BCUT2D eigenvalue weighted by atomic mass is 10.6. The Morgan fingerprint density at radius 3 is 3.18 bits per heavy atom. The van der Waals surface area contributed by atoms with E-state index in [0.717, 1.165) is 9.35 Å². The summed E-state index contributed by atoms with van der Waals surface area (Å²) in [4.78, 5) is 4.20. The normalized spacial score (nSPS) is 10.6. The first kappa shape index (κ1) is 6.84. The van der Waals surface area contributed by atoms with Crippen LogP contribution in [0.5, 0.6) is 0 Å². The molecule has 0 aliphatic carbocycles. The second-order valence-electron chi connectivity index (χ2n) is 2.10. The van der Waals surface area contributed by atoms with E-state index >= 15 is 0 Å². The van der Waals surface area contributed by atoms with Gasteiger partial charge >= 0.3 is 0 Å². The second-order valence-corrected chi connectivity index (χ2v) is 3.21. The molecule has 0 aliphatic rings. The fourth-order valence-corrected chi connectivity index (χ4v) is 1.47. The van der Waals surface area contributed by atoms with Crippen molar-refractivity contribution in [2.24, 2.45) is 0 Å². The van der Waals surface area contributed by atoms with Gasteiger partial charge in [0.15, 0.2) is 5.65 Å². The highest BCUT2D eigenvalue weighted by molar-refractivity contribution is 14.1. The summed E-state index contributed by atoms with van der Waals surface area (Å²) in [6, 6.07) is 3.60. The molecule has 2 aromatic heterocycles. The fraction of sp³-hybridized carbons (Fsp3) is 0. The summed E-state index contributed by atoms with van der Waals surface area (Å²) in [6.45, 7) is 0. The van der Waals surface area contributed by atoms with Crippen LogP contribution < -0.4 is 5.73 Å². The Morgan fingerprint density at radius 1 is 1.55 bits per heavy atom. The first-order valence-corrected chi connectivity index (χ1v) is 4.11. The monoisotopic (exact) mass is 260 g/mol. The maximum atomic E-state index is 5.66. The zero-order valence-electron chi connectivity index (χ0n) is 5.53. The summed E-state index contributed by atoms with van der Waals surface area (Å²) in [5.41, 5.74) is 6.44. The van der Waals surface area contributed by atoms with Gasteiger partial charge in [0, 0.05) is 12.1 Å². The van der Waals surface area contributed by atoms with Crippen molar-refractivity contribution in [1.82, 2.24) is 14.6 Å². The third kappa shape index (κ3) is 1.05. The maximum absolute atomic E-state index is 5.66. The van der Waals surface area contributed by atoms with Crippen LogP contribution in [0.3, 0.4) is 0 Å². The lowest BCUT2D eigenvalue weighted by Gasteiger charge is -1.97. The predicted molar refractivity (Wildman–Crippen MR) is 50.1 cm³/mol. The summed E-state index contributed by atoms with van der Waals surface area (Å²) in [6.07, 6.45) is 1.68. The molecule has 0 radical (unpaired) electrons. The van der Waals surface area contributed by atoms with E-state index in [0.29, 0.717) is 5.82 Å². The Bertz CT molecular complexity index is 394. The van der Waals surface area contributed by atoms with Crippen molar-refractivity contribution >= 4 is 34.1 Å². The number of nitrogens with zero attached hydrogens (tertiary/aromatic N) is 3. The highest BCUT2D eigenvalue weighted by Gasteiger charge is 1.99. The van der Waals surface area contributed by atoms with Crippen molar-refractivity contribution in [3.63, 3.8) is 0 Å². The number of halogens is 1. The minimum atomic E-state index is 0.615. The number of anilines is 1. The van der Waals surface area contributed by atoms with Gasteiger partial charge in [-0.05, 0) is 22.6 Å². The molecule has 4 nitrogen and oxygen atoms in total. The van der Waals surface area contributed by atoms with Crippen LogP contribution in [0.2, 0.25) is 0 Å². The second kappa shape index (κ2) is 2.33. The molecule has 11 heavy (non-hydrogen) atoms. The average Bonchev–Trinajstić information content (AvgIpc) is 2.34. The first-order chi connectivity index (χ1) is 5.27. The highest BCUT2D eigenvalue weighted by atomic mass is 127. The summed E-state index contributed by atoms with van der Waals surface area (Å²) >= 11 is 2.12. The molecule has 0 spiro atoms. The van der Waals surface area contributed by atoms with Crippen molar-refractivity contribution < 1.29 is 0 Å². The zero-order chi connectivity index (χ0) is 7.84. The number of hydrogen-bond donors (Lipinski definition) is 1. The van der Waals surface area contributed by atoms with E-state index in [2.05, 4.69) is 32.7 Å². The molecule has 56 valence electrons. The van der Waals surface area contributed by atoms with Gasteiger partial charge in [0.05, 0.1) is 6.20 Å². The van der Waals surface area contributed by atoms with Gasteiger partial charge in [-0.25, -0.2) is 4.98 Å². The van der Waals surface area contributed by atoms with Crippen LogP contribution in [-0.4, -0.2) is 14.6 Å². The number of nitrogens with two attached hydrogens (primary N) is 1.